The Morgan fingerprint density at radius 3 is 2.37 bits per heavy atom. The van der Waals surface area contributed by atoms with Crippen molar-refractivity contribution in [2.75, 3.05) is 19.5 Å². The number of fused-ring (bicyclic) bond motifs is 1. The van der Waals surface area contributed by atoms with E-state index in [0.717, 1.165) is 21.8 Å². The summed E-state index contributed by atoms with van der Waals surface area (Å²) in [5, 5.41) is 3.19. The minimum absolute atomic E-state index is 0.0641. The van der Waals surface area contributed by atoms with Crippen LogP contribution in [0, 0.1) is 13.8 Å². The molecule has 0 atom stereocenters. The summed E-state index contributed by atoms with van der Waals surface area (Å²) in [4.78, 5) is 56.7. The van der Waals surface area contributed by atoms with Crippen molar-refractivity contribution >= 4 is 55.7 Å². The lowest BCUT2D eigenvalue weighted by molar-refractivity contribution is -0.116. The number of nitrogens with one attached hydrogen (secondary N) is 1. The molecule has 0 fully saturated rings. The van der Waals surface area contributed by atoms with Gasteiger partial charge in [-0.2, -0.15) is 0 Å². The Morgan fingerprint density at radius 1 is 1.03 bits per heavy atom. The first-order chi connectivity index (χ1) is 16.7. The number of hydrogen-bond acceptors (Lipinski definition) is 9. The van der Waals surface area contributed by atoms with E-state index < -0.39 is 17.8 Å². The van der Waals surface area contributed by atoms with E-state index in [4.69, 9.17) is 9.47 Å². The number of methoxy groups -OCH3 is 2. The monoisotopic (exact) mass is 511 g/mol. The smallest absolute Gasteiger partial charge is 0.348 e. The first-order valence-electron chi connectivity index (χ1n) is 10.4. The molecule has 3 aromatic heterocycles. The highest BCUT2D eigenvalue weighted by molar-refractivity contribution is 7.21. The van der Waals surface area contributed by atoms with Crippen molar-refractivity contribution in [1.82, 2.24) is 9.55 Å². The van der Waals surface area contributed by atoms with Crippen LogP contribution >= 0.6 is 22.7 Å². The van der Waals surface area contributed by atoms with E-state index in [9.17, 15) is 19.2 Å². The largest absolute Gasteiger partial charge is 0.465 e. The molecule has 0 bridgehead atoms. The normalized spacial score (nSPS) is 10.9. The van der Waals surface area contributed by atoms with E-state index in [0.29, 0.717) is 21.6 Å². The third-order valence-electron chi connectivity index (χ3n) is 5.36. The summed E-state index contributed by atoms with van der Waals surface area (Å²) >= 11 is 2.31. The molecular weight excluding hydrogens is 490 g/mol. The number of anilines is 1. The van der Waals surface area contributed by atoms with Gasteiger partial charge in [0.2, 0.25) is 5.91 Å². The van der Waals surface area contributed by atoms with Gasteiger partial charge in [-0.25, -0.2) is 14.6 Å². The fourth-order valence-corrected chi connectivity index (χ4v) is 5.80. The second-order valence-corrected chi connectivity index (χ2v) is 9.59. The molecule has 0 saturated heterocycles. The lowest BCUT2D eigenvalue weighted by atomic mass is 10.1. The minimum Gasteiger partial charge on any atom is -0.465 e. The average molecular weight is 512 g/mol. The van der Waals surface area contributed by atoms with Gasteiger partial charge in [-0.15, -0.1) is 22.7 Å². The molecule has 0 aliphatic heterocycles. The maximum atomic E-state index is 13.2. The summed E-state index contributed by atoms with van der Waals surface area (Å²) in [6.07, 6.45) is 0. The van der Waals surface area contributed by atoms with E-state index in [2.05, 4.69) is 10.3 Å². The molecule has 0 radical (unpaired) electrons. The van der Waals surface area contributed by atoms with Crippen LogP contribution < -0.4 is 10.9 Å². The molecule has 0 aliphatic rings. The van der Waals surface area contributed by atoms with Crippen molar-refractivity contribution in [2.45, 2.75) is 20.4 Å². The molecule has 0 aliphatic carbocycles. The van der Waals surface area contributed by atoms with Crippen LogP contribution in [-0.2, 0) is 20.8 Å². The van der Waals surface area contributed by atoms with Gasteiger partial charge in [-0.3, -0.25) is 14.2 Å². The van der Waals surface area contributed by atoms with Crippen molar-refractivity contribution in [3.05, 3.63) is 68.6 Å². The zero-order valence-corrected chi connectivity index (χ0v) is 21.0. The van der Waals surface area contributed by atoms with E-state index in [1.165, 1.54) is 30.1 Å². The van der Waals surface area contributed by atoms with Crippen molar-refractivity contribution < 1.29 is 23.9 Å². The van der Waals surface area contributed by atoms with Gasteiger partial charge in [0.1, 0.15) is 27.1 Å². The zero-order valence-electron chi connectivity index (χ0n) is 19.3. The molecule has 0 unspecified atom stereocenters. The molecule has 4 aromatic rings. The van der Waals surface area contributed by atoms with Gasteiger partial charge < -0.3 is 14.8 Å². The van der Waals surface area contributed by atoms with Gasteiger partial charge in [-0.05, 0) is 31.0 Å². The van der Waals surface area contributed by atoms with Gasteiger partial charge in [0.05, 0.1) is 25.2 Å². The Kier molecular flexibility index (Phi) is 6.81. The SMILES string of the molecule is COC(=O)c1sc(NC(=O)Cn2c(C)nc3sc(-c4ccccc4)cc3c2=O)c(C(=O)OC)c1C. The zero-order chi connectivity index (χ0) is 25.3. The van der Waals surface area contributed by atoms with Crippen LogP contribution in [0.5, 0.6) is 0 Å². The Morgan fingerprint density at radius 2 is 1.71 bits per heavy atom. The molecule has 0 saturated carbocycles. The molecule has 9 nitrogen and oxygen atoms in total. The van der Waals surface area contributed by atoms with Crippen LogP contribution in [0.15, 0.2) is 41.2 Å². The Hall–Kier alpha value is -3.83. The second kappa shape index (κ2) is 9.80. The number of nitrogens with zero attached hydrogens (tertiary/aromatic N) is 2. The molecule has 11 heteroatoms. The molecular formula is C24H21N3O6S2. The van der Waals surface area contributed by atoms with E-state index in [-0.39, 0.29) is 27.5 Å². The number of carbonyl (C=O) groups is 3. The van der Waals surface area contributed by atoms with Gasteiger partial charge in [0.15, 0.2) is 0 Å². The lowest BCUT2D eigenvalue weighted by Gasteiger charge is -2.10. The molecule has 1 N–H and O–H groups in total. The molecule has 35 heavy (non-hydrogen) atoms. The molecule has 1 amide bonds. The number of rotatable bonds is 6. The number of aryl methyl sites for hydroxylation is 1. The summed E-state index contributed by atoms with van der Waals surface area (Å²) in [5.41, 5.74) is 1.04. The Labute approximate surface area is 207 Å². The topological polar surface area (TPSA) is 117 Å². The quantitative estimate of drug-likeness (QED) is 0.389. The van der Waals surface area contributed by atoms with Crippen LogP contribution in [0.4, 0.5) is 5.00 Å². The fraction of sp³-hybridized carbons (Fsp3) is 0.208. The first-order valence-corrected chi connectivity index (χ1v) is 12.0. The number of hydrogen-bond donors (Lipinski definition) is 1. The Balaban J connectivity index is 1.66. The summed E-state index contributed by atoms with van der Waals surface area (Å²) < 4.78 is 10.8. The number of carbonyl (C=O) groups excluding carboxylic acids is 3. The van der Waals surface area contributed by atoms with E-state index in [1.54, 1.807) is 19.9 Å². The van der Waals surface area contributed by atoms with E-state index >= 15 is 0 Å². The standard InChI is InChI=1S/C24H21N3O6S2/c1-12-18(23(30)32-3)21(35-19(12)24(31)33-4)26-17(28)11-27-13(2)25-20-15(22(27)29)10-16(34-20)14-8-6-5-7-9-14/h5-10H,11H2,1-4H3,(H,26,28). The number of amides is 1. The summed E-state index contributed by atoms with van der Waals surface area (Å²) in [6.45, 7) is 2.90. The third-order valence-corrected chi connectivity index (χ3v) is 7.63. The predicted octanol–water partition coefficient (Wildman–Crippen LogP) is 4.02. The number of benzene rings is 1. The van der Waals surface area contributed by atoms with E-state index in [1.807, 2.05) is 30.3 Å². The highest BCUT2D eigenvalue weighted by Gasteiger charge is 2.27. The van der Waals surface area contributed by atoms with Crippen LogP contribution in [-0.4, -0.2) is 41.6 Å². The van der Waals surface area contributed by atoms with Crippen LogP contribution in [0.3, 0.4) is 0 Å². The van der Waals surface area contributed by atoms with Gasteiger partial charge in [0.25, 0.3) is 5.56 Å². The molecule has 0 spiro atoms. The van der Waals surface area contributed by atoms with Gasteiger partial charge >= 0.3 is 11.9 Å². The molecule has 180 valence electrons. The highest BCUT2D eigenvalue weighted by Crippen LogP contribution is 2.34. The minimum atomic E-state index is -0.702. The summed E-state index contributed by atoms with van der Waals surface area (Å²) in [5.74, 6) is -1.51. The molecule has 4 rings (SSSR count). The molecule has 3 heterocycles. The first kappa shape index (κ1) is 24.3. The third kappa shape index (κ3) is 4.60. The van der Waals surface area contributed by atoms with Gasteiger partial charge in [0, 0.05) is 4.88 Å². The number of aromatic nitrogens is 2. The molecule has 1 aromatic carbocycles. The lowest BCUT2D eigenvalue weighted by Crippen LogP contribution is -2.30. The van der Waals surface area contributed by atoms with Crippen LogP contribution in [0.1, 0.15) is 31.4 Å². The van der Waals surface area contributed by atoms with Crippen molar-refractivity contribution in [1.29, 1.82) is 0 Å². The fourth-order valence-electron chi connectivity index (χ4n) is 3.59. The Bertz CT molecular complexity index is 1520. The van der Waals surface area contributed by atoms with Gasteiger partial charge in [-0.1, -0.05) is 30.3 Å². The highest BCUT2D eigenvalue weighted by atomic mass is 32.1. The van der Waals surface area contributed by atoms with Crippen molar-refractivity contribution in [3.8, 4) is 10.4 Å². The number of esters is 2. The van der Waals surface area contributed by atoms with Crippen molar-refractivity contribution in [3.63, 3.8) is 0 Å². The average Bonchev–Trinajstić information content (AvgIpc) is 3.42. The second-order valence-electron chi connectivity index (χ2n) is 7.54. The maximum absolute atomic E-state index is 13.2. The van der Waals surface area contributed by atoms with Crippen LogP contribution in [0.2, 0.25) is 0 Å². The van der Waals surface area contributed by atoms with Crippen molar-refractivity contribution in [2.24, 2.45) is 0 Å². The summed E-state index contributed by atoms with van der Waals surface area (Å²) in [7, 11) is 2.43. The number of thiophene rings is 2. The predicted molar refractivity (Wildman–Crippen MR) is 134 cm³/mol. The van der Waals surface area contributed by atoms with Crippen LogP contribution in [0.25, 0.3) is 20.7 Å². The number of ether oxygens (including phenoxy) is 2. The maximum Gasteiger partial charge on any atom is 0.348 e. The summed E-state index contributed by atoms with van der Waals surface area (Å²) in [6, 6.07) is 11.4.